The smallest absolute Gasteiger partial charge is 0.130 e. The molecule has 0 spiro atoms. The maximum absolute atomic E-state index is 5.84. The van der Waals surface area contributed by atoms with Crippen molar-refractivity contribution in [1.29, 1.82) is 0 Å². The van der Waals surface area contributed by atoms with Gasteiger partial charge in [-0.2, -0.15) is 0 Å². The van der Waals surface area contributed by atoms with Gasteiger partial charge in [-0.05, 0) is 12.8 Å². The predicted molar refractivity (Wildman–Crippen MR) is 68.5 cm³/mol. The normalized spacial score (nSPS) is 13.0. The number of alkyl halides is 1. The Bertz CT molecular complexity index is 117. The molecule has 1 nitrogen and oxygen atoms in total. The summed E-state index contributed by atoms with van der Waals surface area (Å²) in [6.07, 6.45) is 11.6. The molecule has 1 atom stereocenters. The van der Waals surface area contributed by atoms with Gasteiger partial charge in [0.2, 0.25) is 0 Å². The Labute approximate surface area is 101 Å². The van der Waals surface area contributed by atoms with Gasteiger partial charge in [0.15, 0.2) is 0 Å². The summed E-state index contributed by atoms with van der Waals surface area (Å²) in [5, 5.41) is 0. The lowest BCUT2D eigenvalue weighted by molar-refractivity contribution is 0.101. The minimum atomic E-state index is -0.0745. The third-order valence-corrected chi connectivity index (χ3v) is 3.05. The summed E-state index contributed by atoms with van der Waals surface area (Å²) >= 11 is 5.84. The molecule has 0 aromatic carbocycles. The summed E-state index contributed by atoms with van der Waals surface area (Å²) in [5.41, 5.74) is -0.0745. The maximum Gasteiger partial charge on any atom is 0.130 e. The van der Waals surface area contributed by atoms with Crippen LogP contribution in [0.3, 0.4) is 0 Å². The highest BCUT2D eigenvalue weighted by Gasteiger charge is 1.99. The molecule has 0 amide bonds. The highest BCUT2D eigenvalue weighted by Crippen LogP contribution is 2.09. The van der Waals surface area contributed by atoms with Crippen LogP contribution in [0.15, 0.2) is 0 Å². The molecule has 1 unspecified atom stereocenters. The topological polar surface area (TPSA) is 9.23 Å². The van der Waals surface area contributed by atoms with Crippen molar-refractivity contribution in [2.45, 2.75) is 77.2 Å². The Hall–Kier alpha value is 0.250. The van der Waals surface area contributed by atoms with Gasteiger partial charge >= 0.3 is 0 Å². The van der Waals surface area contributed by atoms with Gasteiger partial charge in [-0.1, -0.05) is 70.4 Å². The van der Waals surface area contributed by atoms with E-state index in [1.165, 1.54) is 44.9 Å². The van der Waals surface area contributed by atoms with E-state index in [2.05, 4.69) is 6.92 Å². The molecule has 0 heterocycles. The molecule has 2 heteroatoms. The van der Waals surface area contributed by atoms with Crippen molar-refractivity contribution in [3.05, 3.63) is 0 Å². The second-order valence-corrected chi connectivity index (χ2v) is 4.65. The zero-order chi connectivity index (χ0) is 11.4. The number of halogens is 1. The molecular weight excluding hydrogens is 208 g/mol. The first-order valence-electron chi connectivity index (χ1n) is 6.57. The summed E-state index contributed by atoms with van der Waals surface area (Å²) in [6.45, 7) is 5.13. The molecule has 0 aliphatic carbocycles. The summed E-state index contributed by atoms with van der Waals surface area (Å²) in [6, 6.07) is 0. The van der Waals surface area contributed by atoms with E-state index in [1.807, 2.05) is 6.92 Å². The van der Waals surface area contributed by atoms with Crippen LogP contribution in [0.1, 0.15) is 71.6 Å². The van der Waals surface area contributed by atoms with Crippen LogP contribution < -0.4 is 0 Å². The third-order valence-electron chi connectivity index (χ3n) is 2.62. The van der Waals surface area contributed by atoms with Gasteiger partial charge < -0.3 is 4.74 Å². The van der Waals surface area contributed by atoms with Crippen molar-refractivity contribution in [2.75, 3.05) is 6.61 Å². The average molecular weight is 235 g/mol. The van der Waals surface area contributed by atoms with Gasteiger partial charge in [-0.15, -0.1) is 0 Å². The maximum atomic E-state index is 5.84. The second kappa shape index (κ2) is 12.3. The van der Waals surface area contributed by atoms with E-state index in [1.54, 1.807) is 0 Å². The molecule has 0 rings (SSSR count). The summed E-state index contributed by atoms with van der Waals surface area (Å²) in [5.74, 6) is 0. The van der Waals surface area contributed by atoms with Gasteiger partial charge in [0.25, 0.3) is 0 Å². The third kappa shape index (κ3) is 12.2. The quantitative estimate of drug-likeness (QED) is 0.356. The van der Waals surface area contributed by atoms with Crippen LogP contribution in [0, 0.1) is 0 Å². The fourth-order valence-electron chi connectivity index (χ4n) is 1.57. The minimum Gasteiger partial charge on any atom is -0.363 e. The summed E-state index contributed by atoms with van der Waals surface area (Å²) in [4.78, 5) is 0. The Balaban J connectivity index is 2.92. The lowest BCUT2D eigenvalue weighted by atomic mass is 10.1. The van der Waals surface area contributed by atoms with Gasteiger partial charge in [-0.25, -0.2) is 0 Å². The first kappa shape index (κ1) is 15.2. The lowest BCUT2D eigenvalue weighted by Gasteiger charge is -2.07. The molecular formula is C13H27ClO. The van der Waals surface area contributed by atoms with Crippen molar-refractivity contribution in [3.63, 3.8) is 0 Å². The standard InChI is InChI=1S/C13H27ClO/c1-3-5-6-7-8-9-10-11-12-15-13(14)4-2/h13H,3-12H2,1-2H3. The highest BCUT2D eigenvalue weighted by atomic mass is 35.5. The lowest BCUT2D eigenvalue weighted by Crippen LogP contribution is -2.04. The Morgan fingerprint density at radius 1 is 0.867 bits per heavy atom. The van der Waals surface area contributed by atoms with E-state index in [4.69, 9.17) is 16.3 Å². The monoisotopic (exact) mass is 234 g/mol. The zero-order valence-electron chi connectivity index (χ0n) is 10.4. The van der Waals surface area contributed by atoms with Crippen LogP contribution in [0.5, 0.6) is 0 Å². The zero-order valence-corrected chi connectivity index (χ0v) is 11.2. The number of hydrogen-bond donors (Lipinski definition) is 0. The molecule has 0 aromatic heterocycles. The fraction of sp³-hybridized carbons (Fsp3) is 1.00. The average Bonchev–Trinajstić information content (AvgIpc) is 2.26. The van der Waals surface area contributed by atoms with Crippen LogP contribution in [0.4, 0.5) is 0 Å². The fourth-order valence-corrected chi connectivity index (χ4v) is 1.65. The summed E-state index contributed by atoms with van der Waals surface area (Å²) < 4.78 is 5.40. The van der Waals surface area contributed by atoms with Crippen molar-refractivity contribution in [2.24, 2.45) is 0 Å². The van der Waals surface area contributed by atoms with Crippen molar-refractivity contribution in [3.8, 4) is 0 Å². The number of rotatable bonds is 11. The van der Waals surface area contributed by atoms with E-state index in [0.717, 1.165) is 19.4 Å². The Morgan fingerprint density at radius 2 is 1.40 bits per heavy atom. The van der Waals surface area contributed by atoms with Gasteiger partial charge in [0.1, 0.15) is 5.56 Å². The van der Waals surface area contributed by atoms with Gasteiger partial charge in [-0.3, -0.25) is 0 Å². The Kier molecular flexibility index (Phi) is 12.5. The van der Waals surface area contributed by atoms with Crippen LogP contribution in [-0.4, -0.2) is 12.2 Å². The molecule has 0 saturated heterocycles. The first-order valence-corrected chi connectivity index (χ1v) is 7.00. The molecule has 0 N–H and O–H groups in total. The van der Waals surface area contributed by atoms with E-state index < -0.39 is 0 Å². The molecule has 0 aliphatic rings. The van der Waals surface area contributed by atoms with Crippen LogP contribution in [0.25, 0.3) is 0 Å². The largest absolute Gasteiger partial charge is 0.363 e. The van der Waals surface area contributed by atoms with Crippen molar-refractivity contribution >= 4 is 11.6 Å². The van der Waals surface area contributed by atoms with E-state index in [0.29, 0.717) is 0 Å². The number of unbranched alkanes of at least 4 members (excludes halogenated alkanes) is 7. The van der Waals surface area contributed by atoms with E-state index >= 15 is 0 Å². The first-order chi connectivity index (χ1) is 7.31. The molecule has 92 valence electrons. The molecule has 0 aromatic rings. The van der Waals surface area contributed by atoms with Gasteiger partial charge in [0.05, 0.1) is 0 Å². The minimum absolute atomic E-state index is 0.0745. The summed E-state index contributed by atoms with van der Waals surface area (Å²) in [7, 11) is 0. The molecule has 0 fully saturated rings. The van der Waals surface area contributed by atoms with Crippen molar-refractivity contribution < 1.29 is 4.74 Å². The highest BCUT2D eigenvalue weighted by molar-refractivity contribution is 6.19. The van der Waals surface area contributed by atoms with Gasteiger partial charge in [0, 0.05) is 6.61 Å². The van der Waals surface area contributed by atoms with E-state index in [-0.39, 0.29) is 5.56 Å². The SMILES string of the molecule is CCCCCCCCCCOC(Cl)CC. The van der Waals surface area contributed by atoms with E-state index in [9.17, 15) is 0 Å². The van der Waals surface area contributed by atoms with Crippen molar-refractivity contribution in [1.82, 2.24) is 0 Å². The molecule has 0 bridgehead atoms. The molecule has 15 heavy (non-hydrogen) atoms. The van der Waals surface area contributed by atoms with Crippen LogP contribution in [0.2, 0.25) is 0 Å². The molecule has 0 radical (unpaired) electrons. The second-order valence-electron chi connectivity index (χ2n) is 4.16. The van der Waals surface area contributed by atoms with Crippen LogP contribution >= 0.6 is 11.6 Å². The molecule has 0 aliphatic heterocycles. The number of hydrogen-bond acceptors (Lipinski definition) is 1. The van der Waals surface area contributed by atoms with Crippen LogP contribution in [-0.2, 0) is 4.74 Å². The number of ether oxygens (including phenoxy) is 1. The molecule has 0 saturated carbocycles. The Morgan fingerprint density at radius 3 is 1.93 bits per heavy atom. The predicted octanol–water partition coefficient (Wildman–Crippen LogP) is 5.12.